The fourth-order valence-corrected chi connectivity index (χ4v) is 5.81. The second-order valence-electron chi connectivity index (χ2n) is 9.53. The maximum absolute atomic E-state index is 12.6. The lowest BCUT2D eigenvalue weighted by Crippen LogP contribution is -2.48. The molecular weight excluding hydrogens is 422 g/mol. The molecule has 2 amide bonds. The molecule has 5 nitrogen and oxygen atoms in total. The van der Waals surface area contributed by atoms with Gasteiger partial charge in [-0.05, 0) is 60.7 Å². The Bertz CT molecular complexity index is 1220. The van der Waals surface area contributed by atoms with Crippen molar-refractivity contribution in [2.24, 2.45) is 0 Å². The van der Waals surface area contributed by atoms with Crippen LogP contribution in [0.1, 0.15) is 56.3 Å². The van der Waals surface area contributed by atoms with E-state index in [1.165, 1.54) is 27.3 Å². The van der Waals surface area contributed by atoms with Crippen LogP contribution in [0.15, 0.2) is 72.8 Å². The molecule has 172 valence electrons. The van der Waals surface area contributed by atoms with Crippen LogP contribution in [0.25, 0.3) is 0 Å². The van der Waals surface area contributed by atoms with Crippen molar-refractivity contribution < 1.29 is 9.59 Å². The van der Waals surface area contributed by atoms with Gasteiger partial charge in [-0.15, -0.1) is 0 Å². The molecule has 0 spiro atoms. The molecule has 1 unspecified atom stereocenters. The maximum Gasteiger partial charge on any atom is 0.261 e. The van der Waals surface area contributed by atoms with Crippen molar-refractivity contribution in [1.29, 1.82) is 0 Å². The van der Waals surface area contributed by atoms with Gasteiger partial charge in [0, 0.05) is 31.9 Å². The van der Waals surface area contributed by atoms with E-state index in [-0.39, 0.29) is 11.8 Å². The van der Waals surface area contributed by atoms with Crippen LogP contribution >= 0.6 is 0 Å². The van der Waals surface area contributed by atoms with Crippen LogP contribution in [0.4, 0.5) is 5.69 Å². The number of carbonyl (C=O) groups is 2. The Morgan fingerprint density at radius 1 is 0.706 bits per heavy atom. The third-order valence-electron chi connectivity index (χ3n) is 7.54. The molecule has 6 rings (SSSR count). The molecular formula is C29H29N3O2. The first kappa shape index (κ1) is 21.1. The molecule has 0 N–H and O–H groups in total. The average molecular weight is 452 g/mol. The van der Waals surface area contributed by atoms with Gasteiger partial charge in [0.25, 0.3) is 11.8 Å². The van der Waals surface area contributed by atoms with E-state index in [4.69, 9.17) is 0 Å². The second-order valence-corrected chi connectivity index (χ2v) is 9.53. The third kappa shape index (κ3) is 3.61. The Kier molecular flexibility index (Phi) is 5.42. The van der Waals surface area contributed by atoms with E-state index in [0.717, 1.165) is 45.4 Å². The van der Waals surface area contributed by atoms with E-state index < -0.39 is 0 Å². The maximum atomic E-state index is 12.6. The number of hydrogen-bond donors (Lipinski definition) is 0. The van der Waals surface area contributed by atoms with Gasteiger partial charge >= 0.3 is 0 Å². The van der Waals surface area contributed by atoms with Crippen molar-refractivity contribution in [3.63, 3.8) is 0 Å². The van der Waals surface area contributed by atoms with E-state index in [2.05, 4.69) is 58.3 Å². The summed E-state index contributed by atoms with van der Waals surface area (Å²) in [6, 6.07) is 25.2. The molecule has 0 radical (unpaired) electrons. The highest BCUT2D eigenvalue weighted by Gasteiger charge is 2.35. The van der Waals surface area contributed by atoms with Crippen LogP contribution in [0.5, 0.6) is 0 Å². The summed E-state index contributed by atoms with van der Waals surface area (Å²) in [5.74, 6) is -0.300. The SMILES string of the molecule is O=C1c2ccccc2C(=O)N1CCCCN1CCN2c3ccccc3Cc3ccccc3C2C1. The molecule has 3 aliphatic rings. The minimum absolute atomic E-state index is 0.150. The summed E-state index contributed by atoms with van der Waals surface area (Å²) in [5, 5.41) is 0. The highest BCUT2D eigenvalue weighted by atomic mass is 16.2. The molecule has 1 saturated heterocycles. The molecule has 3 heterocycles. The zero-order chi connectivity index (χ0) is 23.1. The van der Waals surface area contributed by atoms with Crippen LogP contribution in [-0.4, -0.2) is 54.3 Å². The summed E-state index contributed by atoms with van der Waals surface area (Å²) in [5.41, 5.74) is 6.72. The van der Waals surface area contributed by atoms with Gasteiger partial charge in [-0.25, -0.2) is 0 Å². The summed E-state index contributed by atoms with van der Waals surface area (Å²) in [4.78, 5) is 31.8. The number of para-hydroxylation sites is 1. The fraction of sp³-hybridized carbons (Fsp3) is 0.310. The molecule has 0 aromatic heterocycles. The van der Waals surface area contributed by atoms with Crippen molar-refractivity contribution in [3.05, 3.63) is 101 Å². The number of rotatable bonds is 5. The Morgan fingerprint density at radius 2 is 1.35 bits per heavy atom. The monoisotopic (exact) mass is 451 g/mol. The van der Waals surface area contributed by atoms with Crippen LogP contribution in [0.3, 0.4) is 0 Å². The van der Waals surface area contributed by atoms with E-state index >= 15 is 0 Å². The number of fused-ring (bicyclic) bond motifs is 6. The van der Waals surface area contributed by atoms with Gasteiger partial charge in [0.2, 0.25) is 0 Å². The van der Waals surface area contributed by atoms with E-state index in [9.17, 15) is 9.59 Å². The van der Waals surface area contributed by atoms with Crippen molar-refractivity contribution >= 4 is 17.5 Å². The first-order valence-electron chi connectivity index (χ1n) is 12.3. The van der Waals surface area contributed by atoms with Crippen LogP contribution in [0, 0.1) is 0 Å². The number of anilines is 1. The van der Waals surface area contributed by atoms with E-state index in [1.54, 1.807) is 12.1 Å². The Hall–Kier alpha value is -3.44. The molecule has 3 aromatic rings. The summed E-state index contributed by atoms with van der Waals surface area (Å²) in [6.45, 7) is 4.51. The molecule has 0 saturated carbocycles. The molecule has 34 heavy (non-hydrogen) atoms. The molecule has 0 bridgehead atoms. The number of carbonyl (C=O) groups excluding carboxylic acids is 2. The molecule has 5 heteroatoms. The Morgan fingerprint density at radius 3 is 2.15 bits per heavy atom. The first-order chi connectivity index (χ1) is 16.7. The second kappa shape index (κ2) is 8.73. The summed E-state index contributed by atoms with van der Waals surface area (Å²) >= 11 is 0. The normalized spacial score (nSPS) is 19.4. The van der Waals surface area contributed by atoms with E-state index in [0.29, 0.717) is 23.7 Å². The highest BCUT2D eigenvalue weighted by Crippen LogP contribution is 2.39. The minimum Gasteiger partial charge on any atom is -0.362 e. The van der Waals surface area contributed by atoms with Crippen molar-refractivity contribution in [1.82, 2.24) is 9.80 Å². The minimum atomic E-state index is -0.150. The predicted octanol–water partition coefficient (Wildman–Crippen LogP) is 4.53. The lowest BCUT2D eigenvalue weighted by atomic mass is 9.96. The number of unbranched alkanes of at least 4 members (excludes halogenated alkanes) is 1. The molecule has 0 aliphatic carbocycles. The summed E-state index contributed by atoms with van der Waals surface area (Å²) < 4.78 is 0. The lowest BCUT2D eigenvalue weighted by molar-refractivity contribution is 0.0650. The number of nitrogens with zero attached hydrogens (tertiary/aromatic N) is 3. The summed E-state index contributed by atoms with van der Waals surface area (Å²) in [7, 11) is 0. The third-order valence-corrected chi connectivity index (χ3v) is 7.54. The Labute approximate surface area is 200 Å². The predicted molar refractivity (Wildman–Crippen MR) is 133 cm³/mol. The number of imide groups is 1. The lowest BCUT2D eigenvalue weighted by Gasteiger charge is -2.43. The average Bonchev–Trinajstić information content (AvgIpc) is 3.03. The van der Waals surface area contributed by atoms with Gasteiger partial charge in [0.1, 0.15) is 0 Å². The molecule has 3 aliphatic heterocycles. The quantitative estimate of drug-likeness (QED) is 0.422. The number of hydrogen-bond acceptors (Lipinski definition) is 4. The first-order valence-corrected chi connectivity index (χ1v) is 12.3. The fourth-order valence-electron chi connectivity index (χ4n) is 5.81. The van der Waals surface area contributed by atoms with Gasteiger partial charge in [-0.2, -0.15) is 0 Å². The topological polar surface area (TPSA) is 43.9 Å². The molecule has 1 fully saturated rings. The largest absolute Gasteiger partial charge is 0.362 e. The van der Waals surface area contributed by atoms with Crippen LogP contribution in [0.2, 0.25) is 0 Å². The standard InChI is InChI=1S/C29H29N3O2/c33-28-24-12-4-5-13-25(24)29(34)32(28)16-8-7-15-30-17-18-31-26-14-6-2-10-22(26)19-21-9-1-3-11-23(21)27(31)20-30/h1-6,9-14,27H,7-8,15-20H2. The number of benzene rings is 3. The van der Waals surface area contributed by atoms with E-state index in [1.807, 2.05) is 12.1 Å². The van der Waals surface area contributed by atoms with Crippen molar-refractivity contribution in [3.8, 4) is 0 Å². The van der Waals surface area contributed by atoms with Gasteiger partial charge in [0.05, 0.1) is 17.2 Å². The van der Waals surface area contributed by atoms with Gasteiger partial charge < -0.3 is 4.90 Å². The van der Waals surface area contributed by atoms with Crippen molar-refractivity contribution in [2.75, 3.05) is 37.6 Å². The zero-order valence-electron chi connectivity index (χ0n) is 19.3. The zero-order valence-corrected chi connectivity index (χ0v) is 19.3. The van der Waals surface area contributed by atoms with Gasteiger partial charge in [-0.1, -0.05) is 54.6 Å². The van der Waals surface area contributed by atoms with Gasteiger partial charge in [-0.3, -0.25) is 19.4 Å². The smallest absolute Gasteiger partial charge is 0.261 e. The molecule has 1 atom stereocenters. The highest BCUT2D eigenvalue weighted by molar-refractivity contribution is 6.21. The number of amides is 2. The molecule has 3 aromatic carbocycles. The van der Waals surface area contributed by atoms with Crippen LogP contribution in [-0.2, 0) is 6.42 Å². The van der Waals surface area contributed by atoms with Gasteiger partial charge in [0.15, 0.2) is 0 Å². The summed E-state index contributed by atoms with van der Waals surface area (Å²) in [6.07, 6.45) is 2.79. The van der Waals surface area contributed by atoms with Crippen molar-refractivity contribution in [2.45, 2.75) is 25.3 Å². The Balaban J connectivity index is 1.11. The van der Waals surface area contributed by atoms with Crippen LogP contribution < -0.4 is 4.90 Å². The number of piperazine rings is 1.